The summed E-state index contributed by atoms with van der Waals surface area (Å²) in [5, 5.41) is 4.40. The highest BCUT2D eigenvalue weighted by Crippen LogP contribution is 2.18. The van der Waals surface area contributed by atoms with Gasteiger partial charge in [0, 0.05) is 7.05 Å². The minimum absolute atomic E-state index is 0.154. The van der Waals surface area contributed by atoms with Crippen LogP contribution in [0.25, 0.3) is 0 Å². The van der Waals surface area contributed by atoms with Crippen LogP contribution in [-0.4, -0.2) is 9.78 Å². The molecule has 4 heteroatoms. The molecule has 0 saturated heterocycles. The molecule has 0 aliphatic carbocycles. The van der Waals surface area contributed by atoms with Crippen molar-refractivity contribution in [2.24, 2.45) is 12.9 Å². The Kier molecular flexibility index (Phi) is 4.52. The number of aryl methyl sites for hydroxylation is 2. The molecule has 84 valence electrons. The standard InChI is InChI=1S/C11H20N4/c1-4-6-7-10(13-12)11-8-9(5-2)14-15(11)3/h4,8,10,13H,1,5-7,12H2,2-3H3. The summed E-state index contributed by atoms with van der Waals surface area (Å²) >= 11 is 0. The van der Waals surface area contributed by atoms with Crippen molar-refractivity contribution in [3.05, 3.63) is 30.1 Å². The monoisotopic (exact) mass is 208 g/mol. The van der Waals surface area contributed by atoms with Crippen LogP contribution in [0.3, 0.4) is 0 Å². The van der Waals surface area contributed by atoms with Crippen molar-refractivity contribution in [1.29, 1.82) is 0 Å². The zero-order chi connectivity index (χ0) is 11.3. The summed E-state index contributed by atoms with van der Waals surface area (Å²) in [4.78, 5) is 0. The molecule has 0 bridgehead atoms. The van der Waals surface area contributed by atoms with Crippen molar-refractivity contribution in [2.45, 2.75) is 32.2 Å². The molecule has 1 aromatic rings. The SMILES string of the molecule is C=CCCC(NN)c1cc(CC)nn1C. The van der Waals surface area contributed by atoms with Crippen LogP contribution in [0.5, 0.6) is 0 Å². The van der Waals surface area contributed by atoms with E-state index in [9.17, 15) is 0 Å². The molecule has 0 aliphatic heterocycles. The van der Waals surface area contributed by atoms with Gasteiger partial charge in [-0.3, -0.25) is 16.0 Å². The molecule has 1 unspecified atom stereocenters. The number of nitrogens with zero attached hydrogens (tertiary/aromatic N) is 2. The van der Waals surface area contributed by atoms with Crippen molar-refractivity contribution < 1.29 is 0 Å². The van der Waals surface area contributed by atoms with Crippen LogP contribution in [0.4, 0.5) is 0 Å². The number of aromatic nitrogens is 2. The summed E-state index contributed by atoms with van der Waals surface area (Å²) in [6, 6.07) is 2.26. The second-order valence-corrected chi connectivity index (χ2v) is 3.62. The van der Waals surface area contributed by atoms with E-state index in [0.29, 0.717) is 0 Å². The van der Waals surface area contributed by atoms with Gasteiger partial charge in [0.2, 0.25) is 0 Å². The van der Waals surface area contributed by atoms with Crippen LogP contribution in [0.15, 0.2) is 18.7 Å². The Labute approximate surface area is 91.1 Å². The smallest absolute Gasteiger partial charge is 0.0632 e. The zero-order valence-electron chi connectivity index (χ0n) is 9.53. The Hall–Kier alpha value is -1.13. The topological polar surface area (TPSA) is 55.9 Å². The third-order valence-electron chi connectivity index (χ3n) is 2.55. The maximum absolute atomic E-state index is 5.54. The van der Waals surface area contributed by atoms with Crippen LogP contribution in [0.1, 0.15) is 37.2 Å². The molecule has 1 aromatic heterocycles. The van der Waals surface area contributed by atoms with Crippen LogP contribution in [-0.2, 0) is 13.5 Å². The molecule has 3 N–H and O–H groups in total. The molecule has 0 saturated carbocycles. The number of nitrogens with one attached hydrogen (secondary N) is 1. The van der Waals surface area contributed by atoms with Crippen molar-refractivity contribution in [3.8, 4) is 0 Å². The average molecular weight is 208 g/mol. The third-order valence-corrected chi connectivity index (χ3v) is 2.55. The Balaban J connectivity index is 2.80. The fourth-order valence-corrected chi connectivity index (χ4v) is 1.64. The minimum atomic E-state index is 0.154. The van der Waals surface area contributed by atoms with Gasteiger partial charge in [-0.1, -0.05) is 13.0 Å². The van der Waals surface area contributed by atoms with Gasteiger partial charge < -0.3 is 0 Å². The van der Waals surface area contributed by atoms with E-state index in [1.807, 2.05) is 17.8 Å². The van der Waals surface area contributed by atoms with Gasteiger partial charge in [0.1, 0.15) is 0 Å². The summed E-state index contributed by atoms with van der Waals surface area (Å²) in [6.45, 7) is 5.81. The van der Waals surface area contributed by atoms with E-state index >= 15 is 0 Å². The normalized spacial score (nSPS) is 12.7. The van der Waals surface area contributed by atoms with E-state index in [2.05, 4.69) is 30.1 Å². The zero-order valence-corrected chi connectivity index (χ0v) is 9.53. The molecule has 4 nitrogen and oxygen atoms in total. The van der Waals surface area contributed by atoms with Gasteiger partial charge in [-0.05, 0) is 25.3 Å². The number of nitrogens with two attached hydrogens (primary N) is 1. The molecule has 1 rings (SSSR count). The highest BCUT2D eigenvalue weighted by Gasteiger charge is 2.14. The average Bonchev–Trinajstić information content (AvgIpc) is 2.61. The largest absolute Gasteiger partial charge is 0.271 e. The van der Waals surface area contributed by atoms with Gasteiger partial charge in [-0.15, -0.1) is 6.58 Å². The highest BCUT2D eigenvalue weighted by molar-refractivity contribution is 5.14. The summed E-state index contributed by atoms with van der Waals surface area (Å²) in [6.07, 6.45) is 4.75. The first-order valence-electron chi connectivity index (χ1n) is 5.32. The first-order valence-corrected chi connectivity index (χ1v) is 5.32. The predicted molar refractivity (Wildman–Crippen MR) is 62.1 cm³/mol. The molecule has 0 spiro atoms. The van der Waals surface area contributed by atoms with E-state index in [-0.39, 0.29) is 6.04 Å². The van der Waals surface area contributed by atoms with Gasteiger partial charge >= 0.3 is 0 Å². The molecule has 0 amide bonds. The molecule has 0 aromatic carbocycles. The summed E-state index contributed by atoms with van der Waals surface area (Å²) in [5.41, 5.74) is 5.06. The fourth-order valence-electron chi connectivity index (χ4n) is 1.64. The minimum Gasteiger partial charge on any atom is -0.271 e. The highest BCUT2D eigenvalue weighted by atomic mass is 15.3. The predicted octanol–water partition coefficient (Wildman–Crippen LogP) is 1.45. The van der Waals surface area contributed by atoms with Gasteiger partial charge in [0.25, 0.3) is 0 Å². The Morgan fingerprint density at radius 1 is 1.73 bits per heavy atom. The molecule has 0 radical (unpaired) electrons. The number of hydrogen-bond acceptors (Lipinski definition) is 3. The maximum atomic E-state index is 5.54. The lowest BCUT2D eigenvalue weighted by atomic mass is 10.1. The number of hydrazine groups is 1. The van der Waals surface area contributed by atoms with E-state index in [1.165, 1.54) is 0 Å². The van der Waals surface area contributed by atoms with Crippen LogP contribution >= 0.6 is 0 Å². The molecular formula is C11H20N4. The van der Waals surface area contributed by atoms with Gasteiger partial charge in [0.15, 0.2) is 0 Å². The van der Waals surface area contributed by atoms with Crippen molar-refractivity contribution in [3.63, 3.8) is 0 Å². The molecule has 0 aliphatic rings. The lowest BCUT2D eigenvalue weighted by Gasteiger charge is -2.14. The molecule has 1 heterocycles. The van der Waals surface area contributed by atoms with E-state index in [4.69, 9.17) is 5.84 Å². The fraction of sp³-hybridized carbons (Fsp3) is 0.545. The summed E-state index contributed by atoms with van der Waals surface area (Å²) in [7, 11) is 1.95. The number of allylic oxidation sites excluding steroid dienone is 1. The number of hydrogen-bond donors (Lipinski definition) is 2. The van der Waals surface area contributed by atoms with Crippen molar-refractivity contribution in [2.75, 3.05) is 0 Å². The third kappa shape index (κ3) is 2.91. The van der Waals surface area contributed by atoms with E-state index in [0.717, 1.165) is 30.7 Å². The second kappa shape index (κ2) is 5.68. The Bertz CT molecular complexity index is 316. The van der Waals surface area contributed by atoms with Crippen LogP contribution in [0, 0.1) is 0 Å². The van der Waals surface area contributed by atoms with Crippen LogP contribution in [0.2, 0.25) is 0 Å². The Morgan fingerprint density at radius 2 is 2.47 bits per heavy atom. The summed E-state index contributed by atoms with van der Waals surface area (Å²) < 4.78 is 1.90. The van der Waals surface area contributed by atoms with Crippen molar-refractivity contribution in [1.82, 2.24) is 15.2 Å². The van der Waals surface area contributed by atoms with Crippen LogP contribution < -0.4 is 11.3 Å². The van der Waals surface area contributed by atoms with E-state index < -0.39 is 0 Å². The molecular weight excluding hydrogens is 188 g/mol. The first-order chi connectivity index (χ1) is 7.22. The quantitative estimate of drug-likeness (QED) is 0.422. The maximum Gasteiger partial charge on any atom is 0.0632 e. The lowest BCUT2D eigenvalue weighted by molar-refractivity contribution is 0.483. The van der Waals surface area contributed by atoms with Crippen molar-refractivity contribution >= 4 is 0 Å². The number of rotatable bonds is 6. The van der Waals surface area contributed by atoms with Gasteiger partial charge in [-0.25, -0.2) is 0 Å². The first kappa shape index (κ1) is 11.9. The molecule has 0 fully saturated rings. The molecule has 15 heavy (non-hydrogen) atoms. The molecule has 1 atom stereocenters. The van der Waals surface area contributed by atoms with Gasteiger partial charge in [-0.2, -0.15) is 5.10 Å². The van der Waals surface area contributed by atoms with E-state index in [1.54, 1.807) is 0 Å². The van der Waals surface area contributed by atoms with Gasteiger partial charge in [0.05, 0.1) is 17.4 Å². The lowest BCUT2D eigenvalue weighted by Crippen LogP contribution is -2.29. The second-order valence-electron chi connectivity index (χ2n) is 3.62. The Morgan fingerprint density at radius 3 is 2.93 bits per heavy atom. The summed E-state index contributed by atoms with van der Waals surface area (Å²) in [5.74, 6) is 5.54.